The van der Waals surface area contributed by atoms with Crippen LogP contribution in [-0.2, 0) is 10.3 Å². The second-order valence-electron chi connectivity index (χ2n) is 3.20. The molecule has 0 N–H and O–H groups in total. The number of hydrogen-bond acceptors (Lipinski definition) is 1. The van der Waals surface area contributed by atoms with Gasteiger partial charge in [-0.3, -0.25) is 0 Å². The zero-order chi connectivity index (χ0) is 11.1. The van der Waals surface area contributed by atoms with Crippen LogP contribution in [0.3, 0.4) is 0 Å². The summed E-state index contributed by atoms with van der Waals surface area (Å²) in [6.45, 7) is 2.82. The summed E-state index contributed by atoms with van der Waals surface area (Å²) in [7, 11) is 0. The Hall–Kier alpha value is -0.440. The zero-order valence-corrected chi connectivity index (χ0v) is 10.3. The quantitative estimate of drug-likeness (QED) is 0.714. The van der Waals surface area contributed by atoms with Gasteiger partial charge in [-0.1, -0.05) is 46.9 Å². The molecule has 2 aromatic rings. The highest BCUT2D eigenvalue weighted by Crippen LogP contribution is 2.41. The number of aromatic nitrogens is 2. The van der Waals surface area contributed by atoms with Crippen LogP contribution in [0, 0.1) is 0 Å². The van der Waals surface area contributed by atoms with Crippen molar-refractivity contribution in [3.05, 3.63) is 30.1 Å². The van der Waals surface area contributed by atoms with Crippen molar-refractivity contribution in [3.63, 3.8) is 0 Å². The van der Waals surface area contributed by atoms with Crippen LogP contribution in [0.2, 0.25) is 0 Å². The van der Waals surface area contributed by atoms with Gasteiger partial charge in [0.2, 0.25) is 3.79 Å². The maximum atomic E-state index is 5.91. The average molecular weight is 264 g/mol. The maximum Gasteiger partial charge on any atom is 0.218 e. The summed E-state index contributed by atoms with van der Waals surface area (Å²) < 4.78 is 0.555. The van der Waals surface area contributed by atoms with E-state index in [0.29, 0.717) is 5.56 Å². The molecule has 0 aliphatic heterocycles. The average Bonchev–Trinajstić information content (AvgIpc) is 2.58. The van der Waals surface area contributed by atoms with E-state index in [1.807, 2.05) is 29.7 Å². The van der Waals surface area contributed by atoms with Crippen LogP contribution in [0.25, 0.3) is 11.0 Å². The van der Waals surface area contributed by atoms with Crippen molar-refractivity contribution in [2.45, 2.75) is 17.3 Å². The van der Waals surface area contributed by atoms with E-state index in [0.717, 1.165) is 17.6 Å². The lowest BCUT2D eigenvalue weighted by atomic mass is 10.2. The van der Waals surface area contributed by atoms with Crippen LogP contribution in [0.4, 0.5) is 0 Å². The van der Waals surface area contributed by atoms with E-state index >= 15 is 0 Å². The number of nitrogens with zero attached hydrogens (tertiary/aromatic N) is 2. The SMILES string of the molecule is CCn1cnc2cccc(C(Cl)(Cl)Cl)c21. The molecule has 0 aliphatic rings. The minimum atomic E-state index is -1.41. The Labute approximate surface area is 103 Å². The minimum absolute atomic E-state index is 0.671. The number of fused-ring (bicyclic) bond motifs is 1. The van der Waals surface area contributed by atoms with Gasteiger partial charge in [0, 0.05) is 12.1 Å². The Morgan fingerprint density at radius 1 is 1.33 bits per heavy atom. The normalized spacial score (nSPS) is 12.3. The first kappa shape index (κ1) is 11.1. The molecule has 2 rings (SSSR count). The van der Waals surface area contributed by atoms with Crippen molar-refractivity contribution in [2.75, 3.05) is 0 Å². The lowest BCUT2D eigenvalue weighted by Crippen LogP contribution is -2.04. The van der Waals surface area contributed by atoms with Gasteiger partial charge in [-0.05, 0) is 13.0 Å². The third-order valence-corrected chi connectivity index (χ3v) is 2.90. The van der Waals surface area contributed by atoms with Gasteiger partial charge in [-0.2, -0.15) is 0 Å². The van der Waals surface area contributed by atoms with Crippen LogP contribution >= 0.6 is 34.8 Å². The van der Waals surface area contributed by atoms with Crippen LogP contribution in [-0.4, -0.2) is 9.55 Å². The third kappa shape index (κ3) is 1.94. The van der Waals surface area contributed by atoms with Crippen molar-refractivity contribution >= 4 is 45.8 Å². The van der Waals surface area contributed by atoms with Crippen molar-refractivity contribution in [1.82, 2.24) is 9.55 Å². The second-order valence-corrected chi connectivity index (χ2v) is 5.48. The summed E-state index contributed by atoms with van der Waals surface area (Å²) in [6, 6.07) is 5.55. The van der Waals surface area contributed by atoms with E-state index < -0.39 is 3.79 Å². The first-order valence-corrected chi connectivity index (χ1v) is 5.68. The zero-order valence-electron chi connectivity index (χ0n) is 8.04. The summed E-state index contributed by atoms with van der Waals surface area (Å²) in [5, 5.41) is 0. The predicted molar refractivity (Wildman–Crippen MR) is 64.6 cm³/mol. The highest BCUT2D eigenvalue weighted by molar-refractivity contribution is 6.67. The number of alkyl halides is 3. The molecule has 0 saturated heterocycles. The Kier molecular flexibility index (Phi) is 2.84. The van der Waals surface area contributed by atoms with E-state index in [1.165, 1.54) is 0 Å². The van der Waals surface area contributed by atoms with Gasteiger partial charge in [-0.25, -0.2) is 4.98 Å². The molecule has 5 heteroatoms. The molecule has 1 heterocycles. The Morgan fingerprint density at radius 2 is 2.07 bits per heavy atom. The molecule has 80 valence electrons. The van der Waals surface area contributed by atoms with E-state index in [9.17, 15) is 0 Å². The third-order valence-electron chi connectivity index (χ3n) is 2.28. The predicted octanol–water partition coefficient (Wildman–Crippen LogP) is 3.88. The van der Waals surface area contributed by atoms with E-state index in [1.54, 1.807) is 6.33 Å². The minimum Gasteiger partial charge on any atom is -0.331 e. The standard InChI is InChI=1S/C10H9Cl3N2/c1-2-15-6-14-8-5-3-4-7(9(8)15)10(11,12)13/h3-6H,2H2,1H3. The molecular weight excluding hydrogens is 254 g/mol. The number of hydrogen-bond donors (Lipinski definition) is 0. The molecule has 0 atom stereocenters. The number of benzene rings is 1. The molecule has 1 aromatic carbocycles. The number of rotatable bonds is 1. The second kappa shape index (κ2) is 3.85. The number of para-hydroxylation sites is 1. The number of halogens is 3. The molecule has 0 amide bonds. The van der Waals surface area contributed by atoms with Crippen molar-refractivity contribution < 1.29 is 0 Å². The van der Waals surface area contributed by atoms with E-state index in [-0.39, 0.29) is 0 Å². The van der Waals surface area contributed by atoms with Crippen LogP contribution < -0.4 is 0 Å². The smallest absolute Gasteiger partial charge is 0.218 e. The van der Waals surface area contributed by atoms with Crippen molar-refractivity contribution in [2.24, 2.45) is 0 Å². The summed E-state index contributed by atoms with van der Waals surface area (Å²) in [5.74, 6) is 0. The summed E-state index contributed by atoms with van der Waals surface area (Å²) in [5.41, 5.74) is 2.41. The summed E-state index contributed by atoms with van der Waals surface area (Å²) in [6.07, 6.45) is 1.75. The monoisotopic (exact) mass is 262 g/mol. The lowest BCUT2D eigenvalue weighted by molar-refractivity contribution is 0.783. The van der Waals surface area contributed by atoms with Gasteiger partial charge in [-0.15, -0.1) is 0 Å². The van der Waals surface area contributed by atoms with Crippen LogP contribution in [0.1, 0.15) is 12.5 Å². The largest absolute Gasteiger partial charge is 0.331 e. The van der Waals surface area contributed by atoms with Gasteiger partial charge < -0.3 is 4.57 Å². The number of aryl methyl sites for hydroxylation is 1. The first-order chi connectivity index (χ1) is 7.04. The molecule has 0 radical (unpaired) electrons. The van der Waals surface area contributed by atoms with Crippen LogP contribution in [0.15, 0.2) is 24.5 Å². The van der Waals surface area contributed by atoms with Gasteiger partial charge in [0.05, 0.1) is 17.4 Å². The molecule has 0 spiro atoms. The van der Waals surface area contributed by atoms with Gasteiger partial charge >= 0.3 is 0 Å². The van der Waals surface area contributed by atoms with Crippen molar-refractivity contribution in [3.8, 4) is 0 Å². The molecule has 0 unspecified atom stereocenters. The molecule has 0 bridgehead atoms. The van der Waals surface area contributed by atoms with Gasteiger partial charge in [0.1, 0.15) is 0 Å². The molecule has 0 fully saturated rings. The first-order valence-electron chi connectivity index (χ1n) is 4.55. The molecule has 0 saturated carbocycles. The summed E-state index contributed by atoms with van der Waals surface area (Å²) in [4.78, 5) is 4.25. The highest BCUT2D eigenvalue weighted by atomic mass is 35.6. The Morgan fingerprint density at radius 3 is 2.67 bits per heavy atom. The fraction of sp³-hybridized carbons (Fsp3) is 0.300. The maximum absolute atomic E-state index is 5.91. The molecule has 15 heavy (non-hydrogen) atoms. The molecule has 0 aliphatic carbocycles. The Balaban J connectivity index is 2.78. The highest BCUT2D eigenvalue weighted by Gasteiger charge is 2.26. The van der Waals surface area contributed by atoms with Gasteiger partial charge in [0.15, 0.2) is 0 Å². The topological polar surface area (TPSA) is 17.8 Å². The fourth-order valence-corrected chi connectivity index (χ4v) is 2.05. The number of imidazole rings is 1. The summed E-state index contributed by atoms with van der Waals surface area (Å²) >= 11 is 17.7. The Bertz CT molecular complexity index is 485. The lowest BCUT2D eigenvalue weighted by Gasteiger charge is -2.13. The molecular formula is C10H9Cl3N2. The van der Waals surface area contributed by atoms with Gasteiger partial charge in [0.25, 0.3) is 0 Å². The fourth-order valence-electron chi connectivity index (χ4n) is 1.60. The van der Waals surface area contributed by atoms with Crippen LogP contribution in [0.5, 0.6) is 0 Å². The van der Waals surface area contributed by atoms with E-state index in [4.69, 9.17) is 34.8 Å². The molecule has 1 aromatic heterocycles. The van der Waals surface area contributed by atoms with Crippen molar-refractivity contribution in [1.29, 1.82) is 0 Å². The molecule has 2 nitrogen and oxygen atoms in total. The van der Waals surface area contributed by atoms with E-state index in [2.05, 4.69) is 4.98 Å².